The molecule has 3 aromatic rings. The Bertz CT molecular complexity index is 1210. The molecule has 1 aromatic heterocycles. The van der Waals surface area contributed by atoms with Gasteiger partial charge in [0.15, 0.2) is 0 Å². The molecule has 0 unspecified atom stereocenters. The van der Waals surface area contributed by atoms with Crippen molar-refractivity contribution in [1.82, 2.24) is 5.32 Å². The van der Waals surface area contributed by atoms with Crippen LogP contribution in [0.4, 0.5) is 10.7 Å². The lowest BCUT2D eigenvalue weighted by atomic mass is 9.72. The van der Waals surface area contributed by atoms with Gasteiger partial charge < -0.3 is 20.7 Å². The van der Waals surface area contributed by atoms with Crippen molar-refractivity contribution in [2.24, 2.45) is 11.3 Å². The fourth-order valence-electron chi connectivity index (χ4n) is 4.74. The third-order valence-electron chi connectivity index (χ3n) is 6.85. The van der Waals surface area contributed by atoms with Crippen molar-refractivity contribution in [3.8, 4) is 5.75 Å². The van der Waals surface area contributed by atoms with Gasteiger partial charge in [0.25, 0.3) is 5.91 Å². The predicted molar refractivity (Wildman–Crippen MR) is 152 cm³/mol. The standard InChI is InChI=1S/C30H37N3O3S/c1-5-36-23-14-12-22(13-15-23)32-28(35)27-24-16-11-21(30(2,3)4)17-25(24)37-29(27)33-26(34)19-31-18-20-9-7-6-8-10-20/h6-10,12-15,21,31H,5,11,16-19H2,1-4H3,(H,32,35)(H,33,34)/t21-/m1/s1. The quantitative estimate of drug-likeness (QED) is 0.311. The smallest absolute Gasteiger partial charge is 0.258 e. The summed E-state index contributed by atoms with van der Waals surface area (Å²) >= 11 is 1.55. The van der Waals surface area contributed by atoms with Crippen LogP contribution in [0.3, 0.4) is 0 Å². The molecule has 196 valence electrons. The largest absolute Gasteiger partial charge is 0.494 e. The number of nitrogens with one attached hydrogen (secondary N) is 3. The molecular formula is C30H37N3O3S. The molecule has 0 aliphatic heterocycles. The normalized spacial score (nSPS) is 15.1. The van der Waals surface area contributed by atoms with E-state index in [0.717, 1.165) is 36.1 Å². The van der Waals surface area contributed by atoms with E-state index in [0.29, 0.717) is 35.3 Å². The molecule has 0 bridgehead atoms. The van der Waals surface area contributed by atoms with Crippen molar-refractivity contribution in [2.75, 3.05) is 23.8 Å². The highest BCUT2D eigenvalue weighted by atomic mass is 32.1. The van der Waals surface area contributed by atoms with Crippen molar-refractivity contribution >= 4 is 33.8 Å². The van der Waals surface area contributed by atoms with Gasteiger partial charge in [-0.25, -0.2) is 0 Å². The van der Waals surface area contributed by atoms with Gasteiger partial charge in [-0.2, -0.15) is 0 Å². The second-order valence-electron chi connectivity index (χ2n) is 10.6. The number of ether oxygens (including phenoxy) is 1. The molecule has 1 aliphatic carbocycles. The second-order valence-corrected chi connectivity index (χ2v) is 11.7. The minimum atomic E-state index is -0.191. The average Bonchev–Trinajstić information content (AvgIpc) is 3.22. The van der Waals surface area contributed by atoms with Gasteiger partial charge in [0.05, 0.1) is 18.7 Å². The number of carbonyl (C=O) groups excluding carboxylic acids is 2. The minimum Gasteiger partial charge on any atom is -0.494 e. The van der Waals surface area contributed by atoms with E-state index in [2.05, 4.69) is 36.7 Å². The van der Waals surface area contributed by atoms with Gasteiger partial charge in [-0.3, -0.25) is 9.59 Å². The number of anilines is 2. The zero-order chi connectivity index (χ0) is 26.4. The highest BCUT2D eigenvalue weighted by Crippen LogP contribution is 2.44. The van der Waals surface area contributed by atoms with Crippen LogP contribution >= 0.6 is 11.3 Å². The summed E-state index contributed by atoms with van der Waals surface area (Å²) < 4.78 is 5.51. The van der Waals surface area contributed by atoms with E-state index in [1.165, 1.54) is 4.88 Å². The summed E-state index contributed by atoms with van der Waals surface area (Å²) in [6.07, 6.45) is 2.79. The molecule has 6 nitrogen and oxygen atoms in total. The number of hydrogen-bond acceptors (Lipinski definition) is 5. The van der Waals surface area contributed by atoms with E-state index in [9.17, 15) is 9.59 Å². The van der Waals surface area contributed by atoms with Gasteiger partial charge in [0.2, 0.25) is 5.91 Å². The first-order valence-corrected chi connectivity index (χ1v) is 13.8. The highest BCUT2D eigenvalue weighted by Gasteiger charge is 2.34. The molecule has 4 rings (SSSR count). The molecule has 7 heteroatoms. The molecule has 0 saturated carbocycles. The van der Waals surface area contributed by atoms with Crippen molar-refractivity contribution < 1.29 is 14.3 Å². The molecule has 0 radical (unpaired) electrons. The number of thiophene rings is 1. The first kappa shape index (κ1) is 26.9. The predicted octanol–water partition coefficient (Wildman–Crippen LogP) is 6.28. The molecular weight excluding hydrogens is 482 g/mol. The summed E-state index contributed by atoms with van der Waals surface area (Å²) in [4.78, 5) is 27.6. The Labute approximate surface area is 223 Å². The van der Waals surface area contributed by atoms with Crippen LogP contribution in [0.2, 0.25) is 0 Å². The summed E-state index contributed by atoms with van der Waals surface area (Å²) in [5.41, 5.74) is 3.67. The van der Waals surface area contributed by atoms with Crippen LogP contribution in [0.5, 0.6) is 5.75 Å². The topological polar surface area (TPSA) is 79.5 Å². The Morgan fingerprint density at radius 2 is 1.76 bits per heavy atom. The number of benzene rings is 2. The van der Waals surface area contributed by atoms with Crippen LogP contribution in [0.25, 0.3) is 0 Å². The first-order chi connectivity index (χ1) is 17.7. The monoisotopic (exact) mass is 519 g/mol. The van der Waals surface area contributed by atoms with E-state index < -0.39 is 0 Å². The molecule has 2 aromatic carbocycles. The number of carbonyl (C=O) groups is 2. The van der Waals surface area contributed by atoms with Gasteiger partial charge in [-0.15, -0.1) is 11.3 Å². The van der Waals surface area contributed by atoms with Crippen molar-refractivity contribution in [1.29, 1.82) is 0 Å². The third-order valence-corrected chi connectivity index (χ3v) is 8.02. The van der Waals surface area contributed by atoms with Gasteiger partial charge in [0, 0.05) is 17.1 Å². The fourth-order valence-corrected chi connectivity index (χ4v) is 6.08. The Hall–Kier alpha value is -3.16. The van der Waals surface area contributed by atoms with Crippen molar-refractivity contribution in [3.63, 3.8) is 0 Å². The molecule has 1 aliphatic rings. The summed E-state index contributed by atoms with van der Waals surface area (Å²) in [5.74, 6) is 0.954. The van der Waals surface area contributed by atoms with Crippen LogP contribution < -0.4 is 20.7 Å². The summed E-state index contributed by atoms with van der Waals surface area (Å²) in [6.45, 7) is 10.1. The lowest BCUT2D eigenvalue weighted by Crippen LogP contribution is -2.28. The summed E-state index contributed by atoms with van der Waals surface area (Å²) in [7, 11) is 0. The molecule has 2 amide bonds. The van der Waals surface area contributed by atoms with Crippen LogP contribution in [0, 0.1) is 11.3 Å². The van der Waals surface area contributed by atoms with Gasteiger partial charge in [-0.1, -0.05) is 51.1 Å². The second kappa shape index (κ2) is 11.9. The molecule has 0 fully saturated rings. The first-order valence-electron chi connectivity index (χ1n) is 13.0. The Morgan fingerprint density at radius 1 is 1.03 bits per heavy atom. The number of fused-ring (bicyclic) bond motifs is 1. The molecule has 1 heterocycles. The molecule has 3 N–H and O–H groups in total. The van der Waals surface area contributed by atoms with E-state index >= 15 is 0 Å². The van der Waals surface area contributed by atoms with Crippen LogP contribution in [0.15, 0.2) is 54.6 Å². The zero-order valence-electron chi connectivity index (χ0n) is 22.1. The van der Waals surface area contributed by atoms with Crippen LogP contribution in [0.1, 0.15) is 60.5 Å². The maximum atomic E-state index is 13.5. The maximum Gasteiger partial charge on any atom is 0.258 e. The zero-order valence-corrected chi connectivity index (χ0v) is 23.0. The number of amides is 2. The Morgan fingerprint density at radius 3 is 2.43 bits per heavy atom. The third kappa shape index (κ3) is 6.99. The summed E-state index contributed by atoms with van der Waals surface area (Å²) in [6, 6.07) is 17.3. The molecule has 1 atom stereocenters. The van der Waals surface area contributed by atoms with E-state index in [4.69, 9.17) is 4.74 Å². The van der Waals surface area contributed by atoms with Crippen molar-refractivity contribution in [3.05, 3.63) is 76.2 Å². The molecule has 37 heavy (non-hydrogen) atoms. The van der Waals surface area contributed by atoms with E-state index in [1.807, 2.05) is 61.5 Å². The van der Waals surface area contributed by atoms with E-state index in [-0.39, 0.29) is 23.8 Å². The fraction of sp³-hybridized carbons (Fsp3) is 0.400. The summed E-state index contributed by atoms with van der Waals surface area (Å²) in [5, 5.41) is 9.89. The Balaban J connectivity index is 1.51. The molecule has 0 spiro atoms. The van der Waals surface area contributed by atoms with Crippen LogP contribution in [-0.4, -0.2) is 25.0 Å². The highest BCUT2D eigenvalue weighted by molar-refractivity contribution is 7.17. The van der Waals surface area contributed by atoms with Crippen molar-refractivity contribution in [2.45, 2.75) is 53.5 Å². The average molecular weight is 520 g/mol. The van der Waals surface area contributed by atoms with Gasteiger partial charge in [0.1, 0.15) is 10.8 Å². The number of hydrogen-bond donors (Lipinski definition) is 3. The van der Waals surface area contributed by atoms with Gasteiger partial charge >= 0.3 is 0 Å². The lowest BCUT2D eigenvalue weighted by molar-refractivity contribution is -0.115. The maximum absolute atomic E-state index is 13.5. The van der Waals surface area contributed by atoms with E-state index in [1.54, 1.807) is 11.3 Å². The molecule has 0 saturated heterocycles. The Kier molecular flexibility index (Phi) is 8.67. The SMILES string of the molecule is CCOc1ccc(NC(=O)c2c(NC(=O)CNCc3ccccc3)sc3c2CC[C@@H](C(C)(C)C)C3)cc1. The number of rotatable bonds is 9. The van der Waals surface area contributed by atoms with Gasteiger partial charge in [-0.05, 0) is 72.9 Å². The lowest BCUT2D eigenvalue weighted by Gasteiger charge is -2.33. The minimum absolute atomic E-state index is 0.156. The van der Waals surface area contributed by atoms with Crippen LogP contribution in [-0.2, 0) is 24.2 Å².